The van der Waals surface area contributed by atoms with Crippen LogP contribution in [0.5, 0.6) is 0 Å². The molecular weight excluding hydrogens is 426 g/mol. The molecule has 0 spiro atoms. The van der Waals surface area contributed by atoms with Crippen molar-refractivity contribution in [2.45, 2.75) is 6.04 Å². The molecule has 2 aromatic carbocycles. The van der Waals surface area contributed by atoms with E-state index in [9.17, 15) is 18.0 Å². The number of aromatic nitrogens is 1. The van der Waals surface area contributed by atoms with Crippen LogP contribution in [-0.2, 0) is 0 Å². The van der Waals surface area contributed by atoms with Gasteiger partial charge in [0.1, 0.15) is 29.2 Å². The molecule has 0 aliphatic rings. The summed E-state index contributed by atoms with van der Waals surface area (Å²) in [5, 5.41) is 11.2. The van der Waals surface area contributed by atoms with Crippen molar-refractivity contribution >= 4 is 29.1 Å². The van der Waals surface area contributed by atoms with Crippen LogP contribution in [0.1, 0.15) is 33.2 Å². The number of hydrogen-bond acceptors (Lipinski definition) is 3. The van der Waals surface area contributed by atoms with Gasteiger partial charge in [0.25, 0.3) is 5.91 Å². The van der Waals surface area contributed by atoms with Gasteiger partial charge in [0, 0.05) is 11.8 Å². The first-order chi connectivity index (χ1) is 13.8. The molecule has 1 amide bonds. The van der Waals surface area contributed by atoms with Gasteiger partial charge in [-0.2, -0.15) is 5.26 Å². The van der Waals surface area contributed by atoms with Gasteiger partial charge in [-0.1, -0.05) is 29.3 Å². The maximum atomic E-state index is 14.5. The van der Waals surface area contributed by atoms with Crippen LogP contribution in [0.25, 0.3) is 0 Å². The fourth-order valence-corrected chi connectivity index (χ4v) is 2.86. The van der Waals surface area contributed by atoms with E-state index in [0.717, 1.165) is 24.3 Å². The smallest absolute Gasteiger partial charge is 0.252 e. The zero-order valence-electron chi connectivity index (χ0n) is 14.4. The van der Waals surface area contributed by atoms with Crippen molar-refractivity contribution in [1.82, 2.24) is 10.3 Å². The summed E-state index contributed by atoms with van der Waals surface area (Å²) in [7, 11) is 0. The van der Waals surface area contributed by atoms with Crippen LogP contribution in [0, 0.1) is 28.8 Å². The maximum absolute atomic E-state index is 14.5. The lowest BCUT2D eigenvalue weighted by Crippen LogP contribution is -2.31. The highest BCUT2D eigenvalue weighted by Crippen LogP contribution is 2.27. The fourth-order valence-electron chi connectivity index (χ4n) is 2.60. The third kappa shape index (κ3) is 4.50. The molecule has 29 heavy (non-hydrogen) atoms. The van der Waals surface area contributed by atoms with Crippen molar-refractivity contribution in [3.05, 3.63) is 98.5 Å². The van der Waals surface area contributed by atoms with Crippen LogP contribution in [0.2, 0.25) is 10.0 Å². The second-order valence-electron chi connectivity index (χ2n) is 5.91. The van der Waals surface area contributed by atoms with E-state index in [4.69, 9.17) is 28.5 Å². The van der Waals surface area contributed by atoms with Crippen molar-refractivity contribution < 1.29 is 18.0 Å². The number of hydrogen-bond donors (Lipinski definition) is 1. The molecule has 9 heteroatoms. The van der Waals surface area contributed by atoms with E-state index < -0.39 is 29.4 Å². The fraction of sp³-hybridized carbons (Fsp3) is 0.0500. The second-order valence-corrected chi connectivity index (χ2v) is 6.75. The molecule has 0 unspecified atom stereocenters. The topological polar surface area (TPSA) is 65.8 Å². The van der Waals surface area contributed by atoms with Gasteiger partial charge in [0.05, 0.1) is 21.7 Å². The van der Waals surface area contributed by atoms with Crippen LogP contribution in [0.4, 0.5) is 13.2 Å². The lowest BCUT2D eigenvalue weighted by Gasteiger charge is -2.20. The van der Waals surface area contributed by atoms with Crippen LogP contribution >= 0.6 is 23.2 Å². The van der Waals surface area contributed by atoms with E-state index in [2.05, 4.69) is 10.3 Å². The molecule has 3 rings (SSSR count). The monoisotopic (exact) mass is 435 g/mol. The first-order valence-electron chi connectivity index (χ1n) is 8.06. The minimum absolute atomic E-state index is 0.0350. The Balaban J connectivity index is 2.03. The van der Waals surface area contributed by atoms with Crippen LogP contribution in [-0.4, -0.2) is 10.9 Å². The minimum Gasteiger partial charge on any atom is -0.339 e. The van der Waals surface area contributed by atoms with E-state index in [-0.39, 0.29) is 32.4 Å². The number of carbonyl (C=O) groups excluding carboxylic acids is 1. The molecule has 0 aliphatic carbocycles. The second kappa shape index (κ2) is 8.52. The number of pyridine rings is 1. The third-order valence-corrected chi connectivity index (χ3v) is 4.53. The van der Waals surface area contributed by atoms with Crippen molar-refractivity contribution in [3.8, 4) is 6.07 Å². The molecule has 1 atom stereocenters. The largest absolute Gasteiger partial charge is 0.339 e. The SMILES string of the molecule is N#Cc1ccc(C(=O)N[C@H](c2ccc(Cl)c(F)c2)c2ncc(Cl)cc2F)cc1F. The standard InChI is InChI=1S/C20H10Cl2F3N3O/c21-13-7-17(25)19(27-9-13)18(10-3-4-14(22)16(24)5-10)28-20(29)11-1-2-12(8-26)15(23)6-11/h1-7,9,18H,(H,28,29)/t18-/m1/s1. The van der Waals surface area contributed by atoms with Crippen LogP contribution in [0.3, 0.4) is 0 Å². The number of carbonyl (C=O) groups is 1. The van der Waals surface area contributed by atoms with E-state index in [1.807, 2.05) is 0 Å². The van der Waals surface area contributed by atoms with Gasteiger partial charge >= 0.3 is 0 Å². The van der Waals surface area contributed by atoms with Crippen molar-refractivity contribution in [3.63, 3.8) is 0 Å². The number of nitrogens with zero attached hydrogens (tertiary/aromatic N) is 2. The number of rotatable bonds is 4. The summed E-state index contributed by atoms with van der Waals surface area (Å²) in [5.74, 6) is -3.28. The summed E-state index contributed by atoms with van der Waals surface area (Å²) in [6.07, 6.45) is 1.17. The van der Waals surface area contributed by atoms with Gasteiger partial charge in [0.15, 0.2) is 0 Å². The van der Waals surface area contributed by atoms with Gasteiger partial charge in [-0.3, -0.25) is 9.78 Å². The molecule has 0 saturated carbocycles. The Morgan fingerprint density at radius 3 is 2.41 bits per heavy atom. The molecule has 1 aromatic heterocycles. The Labute approximate surface area is 173 Å². The normalized spacial score (nSPS) is 11.6. The van der Waals surface area contributed by atoms with E-state index in [1.54, 1.807) is 6.07 Å². The summed E-state index contributed by atoms with van der Waals surface area (Å²) in [6, 6.07) is 8.35. The van der Waals surface area contributed by atoms with Gasteiger partial charge in [-0.25, -0.2) is 13.2 Å². The Morgan fingerprint density at radius 2 is 1.79 bits per heavy atom. The Kier molecular flexibility index (Phi) is 6.06. The Morgan fingerprint density at radius 1 is 1.03 bits per heavy atom. The first-order valence-corrected chi connectivity index (χ1v) is 8.82. The lowest BCUT2D eigenvalue weighted by atomic mass is 10.0. The van der Waals surface area contributed by atoms with Gasteiger partial charge in [-0.15, -0.1) is 0 Å². The van der Waals surface area contributed by atoms with Crippen molar-refractivity contribution in [1.29, 1.82) is 5.26 Å². The van der Waals surface area contributed by atoms with Gasteiger partial charge < -0.3 is 5.32 Å². The molecule has 0 radical (unpaired) electrons. The van der Waals surface area contributed by atoms with E-state index >= 15 is 0 Å². The number of amides is 1. The van der Waals surface area contributed by atoms with Crippen LogP contribution in [0.15, 0.2) is 48.7 Å². The molecule has 1 heterocycles. The zero-order chi connectivity index (χ0) is 21.1. The molecule has 146 valence electrons. The molecule has 4 nitrogen and oxygen atoms in total. The van der Waals surface area contributed by atoms with Crippen molar-refractivity contribution in [2.75, 3.05) is 0 Å². The van der Waals surface area contributed by atoms with Crippen molar-refractivity contribution in [2.24, 2.45) is 0 Å². The molecule has 0 fully saturated rings. The highest BCUT2D eigenvalue weighted by molar-refractivity contribution is 6.30. The number of nitriles is 1. The van der Waals surface area contributed by atoms with Crippen LogP contribution < -0.4 is 5.32 Å². The number of benzene rings is 2. The number of nitrogens with one attached hydrogen (secondary N) is 1. The maximum Gasteiger partial charge on any atom is 0.252 e. The quantitative estimate of drug-likeness (QED) is 0.612. The molecule has 3 aromatic rings. The lowest BCUT2D eigenvalue weighted by molar-refractivity contribution is 0.0941. The molecular formula is C20H10Cl2F3N3O. The van der Waals surface area contributed by atoms with Gasteiger partial charge in [0.2, 0.25) is 0 Å². The summed E-state index contributed by atoms with van der Waals surface area (Å²) in [5.41, 5.74) is -0.416. The first kappa shape index (κ1) is 20.6. The third-order valence-electron chi connectivity index (χ3n) is 4.01. The molecule has 0 bridgehead atoms. The summed E-state index contributed by atoms with van der Waals surface area (Å²) < 4.78 is 42.3. The molecule has 0 saturated heterocycles. The predicted octanol–water partition coefficient (Wildman–Crippen LogP) is 5.20. The van der Waals surface area contributed by atoms with Gasteiger partial charge in [-0.05, 0) is 42.0 Å². The predicted molar refractivity (Wildman–Crippen MR) is 101 cm³/mol. The summed E-state index contributed by atoms with van der Waals surface area (Å²) >= 11 is 11.4. The highest BCUT2D eigenvalue weighted by atomic mass is 35.5. The highest BCUT2D eigenvalue weighted by Gasteiger charge is 2.24. The summed E-state index contributed by atoms with van der Waals surface area (Å²) in [4.78, 5) is 16.5. The Bertz CT molecular complexity index is 1150. The average Bonchev–Trinajstić information content (AvgIpc) is 2.68. The number of halogens is 5. The van der Waals surface area contributed by atoms with E-state index in [1.165, 1.54) is 24.4 Å². The van der Waals surface area contributed by atoms with E-state index in [0.29, 0.717) is 0 Å². The Hall–Kier alpha value is -3.08. The zero-order valence-corrected chi connectivity index (χ0v) is 15.9. The molecule has 1 N–H and O–H groups in total. The summed E-state index contributed by atoms with van der Waals surface area (Å²) in [6.45, 7) is 0. The minimum atomic E-state index is -1.22. The average molecular weight is 436 g/mol. The molecule has 0 aliphatic heterocycles.